The molecule has 1 atom stereocenters. The van der Waals surface area contributed by atoms with Crippen molar-refractivity contribution in [2.75, 3.05) is 26.2 Å². The smallest absolute Gasteiger partial charge is 0.319 e. The Labute approximate surface area is 161 Å². The van der Waals surface area contributed by atoms with Crippen LogP contribution in [0.2, 0.25) is 0 Å². The SMILES string of the molecule is C.C=CC(C)(\C=C/C(/C=C\C)=C(C)/C=C\C)C(=O)OCCN(CC)CC. The molecule has 148 valence electrons. The largest absolute Gasteiger partial charge is 0.463 e. The zero-order valence-electron chi connectivity index (χ0n) is 16.8. The van der Waals surface area contributed by atoms with Gasteiger partial charge in [0.1, 0.15) is 12.0 Å². The Bertz CT molecular complexity index is 536. The van der Waals surface area contributed by atoms with E-state index in [-0.39, 0.29) is 13.4 Å². The first kappa shape index (κ1) is 26.4. The maximum Gasteiger partial charge on any atom is 0.319 e. The number of hydrogen-bond acceptors (Lipinski definition) is 3. The zero-order chi connectivity index (χ0) is 19.3. The van der Waals surface area contributed by atoms with Gasteiger partial charge in [0.2, 0.25) is 0 Å². The molecule has 0 aromatic heterocycles. The Kier molecular flexibility index (Phi) is 14.5. The second kappa shape index (κ2) is 14.3. The minimum Gasteiger partial charge on any atom is -0.463 e. The molecule has 0 amide bonds. The molecule has 0 spiro atoms. The van der Waals surface area contributed by atoms with Crippen LogP contribution >= 0.6 is 0 Å². The third kappa shape index (κ3) is 9.00. The highest BCUT2D eigenvalue weighted by molar-refractivity contribution is 5.81. The van der Waals surface area contributed by atoms with Gasteiger partial charge in [0.15, 0.2) is 0 Å². The molecule has 0 saturated carbocycles. The van der Waals surface area contributed by atoms with Crippen molar-refractivity contribution < 1.29 is 9.53 Å². The summed E-state index contributed by atoms with van der Waals surface area (Å²) in [6, 6.07) is 0. The number of likely N-dealkylation sites (N-methyl/N-ethyl adjacent to an activating group) is 1. The van der Waals surface area contributed by atoms with Crippen molar-refractivity contribution in [1.29, 1.82) is 0 Å². The molecule has 0 aromatic rings. The first-order valence-corrected chi connectivity index (χ1v) is 9.07. The van der Waals surface area contributed by atoms with E-state index in [1.54, 1.807) is 6.08 Å². The summed E-state index contributed by atoms with van der Waals surface area (Å²) in [6.45, 7) is 18.9. The molecule has 0 aliphatic rings. The minimum absolute atomic E-state index is 0. The van der Waals surface area contributed by atoms with Crippen LogP contribution in [0, 0.1) is 5.41 Å². The van der Waals surface area contributed by atoms with Gasteiger partial charge in [0.25, 0.3) is 0 Å². The van der Waals surface area contributed by atoms with Crippen molar-refractivity contribution in [1.82, 2.24) is 4.90 Å². The normalized spacial score (nSPS) is 15.2. The van der Waals surface area contributed by atoms with E-state index in [1.165, 1.54) is 0 Å². The van der Waals surface area contributed by atoms with Gasteiger partial charge in [0, 0.05) is 6.54 Å². The molecule has 0 saturated heterocycles. The van der Waals surface area contributed by atoms with Gasteiger partial charge >= 0.3 is 5.97 Å². The highest BCUT2D eigenvalue weighted by atomic mass is 16.5. The van der Waals surface area contributed by atoms with E-state index >= 15 is 0 Å². The number of allylic oxidation sites excluding steroid dienone is 7. The molecule has 3 heteroatoms. The molecule has 0 aromatic carbocycles. The fourth-order valence-corrected chi connectivity index (χ4v) is 2.29. The second-order valence-corrected chi connectivity index (χ2v) is 6.12. The van der Waals surface area contributed by atoms with Crippen LogP contribution in [0.15, 0.2) is 60.3 Å². The Morgan fingerprint density at radius 3 is 2.15 bits per heavy atom. The van der Waals surface area contributed by atoms with Gasteiger partial charge in [-0.3, -0.25) is 4.79 Å². The fraction of sp³-hybridized carbons (Fsp3) is 0.522. The number of esters is 1. The topological polar surface area (TPSA) is 29.5 Å². The van der Waals surface area contributed by atoms with E-state index in [4.69, 9.17) is 4.74 Å². The maximum absolute atomic E-state index is 12.5. The molecule has 0 aliphatic carbocycles. The third-order valence-electron chi connectivity index (χ3n) is 4.23. The second-order valence-electron chi connectivity index (χ2n) is 6.12. The fourth-order valence-electron chi connectivity index (χ4n) is 2.29. The highest BCUT2D eigenvalue weighted by Gasteiger charge is 2.28. The molecule has 0 aliphatic heterocycles. The van der Waals surface area contributed by atoms with Crippen molar-refractivity contribution >= 4 is 5.97 Å². The van der Waals surface area contributed by atoms with Crippen molar-refractivity contribution in [3.05, 3.63) is 60.3 Å². The van der Waals surface area contributed by atoms with E-state index in [1.807, 2.05) is 64.2 Å². The molecule has 0 N–H and O–H groups in total. The van der Waals surface area contributed by atoms with Gasteiger partial charge < -0.3 is 9.64 Å². The molecular weight excluding hydrogens is 322 g/mol. The van der Waals surface area contributed by atoms with Crippen molar-refractivity contribution in [2.45, 2.75) is 49.0 Å². The number of hydrogen-bond donors (Lipinski definition) is 0. The molecule has 26 heavy (non-hydrogen) atoms. The summed E-state index contributed by atoms with van der Waals surface area (Å²) in [5.74, 6) is -0.269. The van der Waals surface area contributed by atoms with Crippen molar-refractivity contribution in [3.8, 4) is 0 Å². The van der Waals surface area contributed by atoms with Crippen LogP contribution in [0.4, 0.5) is 0 Å². The van der Waals surface area contributed by atoms with Crippen LogP contribution in [0.1, 0.15) is 49.0 Å². The van der Waals surface area contributed by atoms with Crippen LogP contribution in [-0.4, -0.2) is 37.1 Å². The summed E-state index contributed by atoms with van der Waals surface area (Å²) >= 11 is 0. The first-order valence-electron chi connectivity index (χ1n) is 9.07. The van der Waals surface area contributed by atoms with Crippen LogP contribution in [0.25, 0.3) is 0 Å². The summed E-state index contributed by atoms with van der Waals surface area (Å²) in [5.41, 5.74) is 1.36. The Balaban J connectivity index is 0. The van der Waals surface area contributed by atoms with Crippen molar-refractivity contribution in [2.24, 2.45) is 5.41 Å². The Hall–Kier alpha value is -1.87. The molecule has 1 unspecified atom stereocenters. The van der Waals surface area contributed by atoms with Gasteiger partial charge in [-0.25, -0.2) is 0 Å². The summed E-state index contributed by atoms with van der Waals surface area (Å²) < 4.78 is 5.48. The van der Waals surface area contributed by atoms with Crippen molar-refractivity contribution in [3.63, 3.8) is 0 Å². The zero-order valence-corrected chi connectivity index (χ0v) is 16.8. The number of carbonyl (C=O) groups is 1. The quantitative estimate of drug-likeness (QED) is 0.267. The van der Waals surface area contributed by atoms with E-state index < -0.39 is 5.41 Å². The van der Waals surface area contributed by atoms with Gasteiger partial charge in [-0.05, 0) is 51.9 Å². The number of nitrogens with zero attached hydrogens (tertiary/aromatic N) is 1. The lowest BCUT2D eigenvalue weighted by Gasteiger charge is -2.22. The molecule has 0 rings (SSSR count). The number of ether oxygens (including phenoxy) is 1. The lowest BCUT2D eigenvalue weighted by atomic mass is 9.89. The predicted molar refractivity (Wildman–Crippen MR) is 115 cm³/mol. The van der Waals surface area contributed by atoms with E-state index in [0.717, 1.165) is 30.8 Å². The molecule has 0 heterocycles. The average Bonchev–Trinajstić information content (AvgIpc) is 2.61. The van der Waals surface area contributed by atoms with Gasteiger partial charge in [-0.15, -0.1) is 6.58 Å². The number of carbonyl (C=O) groups excluding carboxylic acids is 1. The molecule has 3 nitrogen and oxygen atoms in total. The summed E-state index contributed by atoms with van der Waals surface area (Å²) in [7, 11) is 0. The van der Waals surface area contributed by atoms with Crippen LogP contribution < -0.4 is 0 Å². The Morgan fingerprint density at radius 1 is 1.12 bits per heavy atom. The monoisotopic (exact) mass is 361 g/mol. The lowest BCUT2D eigenvalue weighted by molar-refractivity contribution is -0.150. The maximum atomic E-state index is 12.5. The summed E-state index contributed by atoms with van der Waals surface area (Å²) in [5, 5.41) is 0. The standard InChI is InChI=1S/C22H35NO2.CH4/c1-8-13-19(6)20(14-9-2)15-16-22(7,10-3)21(24)25-18-17-23(11-4)12-5;/h8-10,13-16H,3,11-12,17-18H2,1-2,4-7H3;1H4/b13-8-,14-9-,16-15-,20-19+;. The Morgan fingerprint density at radius 2 is 1.69 bits per heavy atom. The number of rotatable bonds is 11. The van der Waals surface area contributed by atoms with Crippen LogP contribution in [0.3, 0.4) is 0 Å². The molecule has 0 bridgehead atoms. The summed E-state index contributed by atoms with van der Waals surface area (Å²) in [4.78, 5) is 14.7. The molecular formula is C23H39NO2. The van der Waals surface area contributed by atoms with Crippen LogP contribution in [-0.2, 0) is 9.53 Å². The summed E-state index contributed by atoms with van der Waals surface area (Å²) in [6.07, 6.45) is 13.5. The first-order chi connectivity index (χ1) is 11.9. The third-order valence-corrected chi connectivity index (χ3v) is 4.23. The van der Waals surface area contributed by atoms with Gasteiger partial charge in [-0.2, -0.15) is 0 Å². The molecule has 0 fully saturated rings. The van der Waals surface area contributed by atoms with Crippen LogP contribution in [0.5, 0.6) is 0 Å². The molecule has 0 radical (unpaired) electrons. The van der Waals surface area contributed by atoms with E-state index in [0.29, 0.717) is 6.61 Å². The average molecular weight is 362 g/mol. The predicted octanol–water partition coefficient (Wildman–Crippen LogP) is 5.72. The minimum atomic E-state index is -0.841. The van der Waals surface area contributed by atoms with Gasteiger partial charge in [-0.1, -0.05) is 63.8 Å². The lowest BCUT2D eigenvalue weighted by Crippen LogP contribution is -2.31. The highest BCUT2D eigenvalue weighted by Crippen LogP contribution is 2.24. The van der Waals surface area contributed by atoms with E-state index in [9.17, 15) is 4.79 Å². The van der Waals surface area contributed by atoms with Gasteiger partial charge in [0.05, 0.1) is 0 Å². The van der Waals surface area contributed by atoms with E-state index in [2.05, 4.69) is 25.3 Å².